The minimum absolute atomic E-state index is 0.264. The van der Waals surface area contributed by atoms with Gasteiger partial charge in [-0.2, -0.15) is 5.06 Å². The Kier molecular flexibility index (Phi) is 3.94. The molecule has 1 unspecified atom stereocenters. The summed E-state index contributed by atoms with van der Waals surface area (Å²) in [6, 6.07) is 0. The molecule has 0 fully saturated rings. The van der Waals surface area contributed by atoms with Gasteiger partial charge in [0.1, 0.15) is 0 Å². The molecule has 0 aliphatic carbocycles. The quantitative estimate of drug-likeness (QED) is 0.310. The number of hydrogen-bond acceptors (Lipinski definition) is 5. The first-order valence-electron chi connectivity index (χ1n) is 2.93. The third-order valence-electron chi connectivity index (χ3n) is 0.931. The second-order valence-electron chi connectivity index (χ2n) is 1.77. The van der Waals surface area contributed by atoms with E-state index in [4.69, 9.17) is 10.9 Å². The molecular formula is C5H12N2O3. The molecule has 60 valence electrons. The van der Waals surface area contributed by atoms with Crippen molar-refractivity contribution in [2.75, 3.05) is 13.7 Å². The Hall–Kier alpha value is -0.650. The van der Waals surface area contributed by atoms with E-state index in [1.165, 1.54) is 7.05 Å². The second-order valence-corrected chi connectivity index (χ2v) is 1.77. The van der Waals surface area contributed by atoms with Crippen molar-refractivity contribution in [2.45, 2.75) is 13.1 Å². The van der Waals surface area contributed by atoms with Crippen molar-refractivity contribution in [2.24, 2.45) is 5.73 Å². The van der Waals surface area contributed by atoms with Gasteiger partial charge in [0.15, 0.2) is 6.17 Å². The summed E-state index contributed by atoms with van der Waals surface area (Å²) >= 11 is 0. The maximum Gasteiger partial charge on any atom is 0.340 e. The van der Waals surface area contributed by atoms with E-state index in [2.05, 4.69) is 4.74 Å². The van der Waals surface area contributed by atoms with Gasteiger partial charge in [0, 0.05) is 7.05 Å². The van der Waals surface area contributed by atoms with Crippen LogP contribution in [-0.2, 0) is 9.53 Å². The lowest BCUT2D eigenvalue weighted by Crippen LogP contribution is -2.44. The molecule has 0 aromatic rings. The molecule has 3 N–H and O–H groups in total. The summed E-state index contributed by atoms with van der Waals surface area (Å²) in [6.07, 6.45) is -1.08. The topological polar surface area (TPSA) is 75.8 Å². The van der Waals surface area contributed by atoms with Crippen LogP contribution in [0.2, 0.25) is 0 Å². The standard InChI is InChI=1S/C5H12N2O3/c1-3-10-5(8)4(6)7(2)9/h4,9H,3,6H2,1-2H3. The number of nitrogens with zero attached hydrogens (tertiary/aromatic N) is 1. The Morgan fingerprint density at radius 1 is 1.90 bits per heavy atom. The van der Waals surface area contributed by atoms with E-state index in [0.29, 0.717) is 5.06 Å². The summed E-state index contributed by atoms with van der Waals surface area (Å²) in [5.74, 6) is -0.632. The molecule has 0 aromatic carbocycles. The second kappa shape index (κ2) is 4.21. The highest BCUT2D eigenvalue weighted by atomic mass is 16.6. The van der Waals surface area contributed by atoms with Gasteiger partial charge in [-0.15, -0.1) is 0 Å². The number of nitrogens with two attached hydrogens (primary N) is 1. The Labute approximate surface area is 59.3 Å². The van der Waals surface area contributed by atoms with Crippen molar-refractivity contribution in [3.05, 3.63) is 0 Å². The number of carbonyl (C=O) groups is 1. The van der Waals surface area contributed by atoms with Crippen molar-refractivity contribution in [1.82, 2.24) is 5.06 Å². The van der Waals surface area contributed by atoms with Crippen molar-refractivity contribution < 1.29 is 14.7 Å². The smallest absolute Gasteiger partial charge is 0.340 e. The third kappa shape index (κ3) is 2.77. The van der Waals surface area contributed by atoms with E-state index < -0.39 is 12.1 Å². The Bertz CT molecular complexity index is 115. The Morgan fingerprint density at radius 2 is 2.40 bits per heavy atom. The van der Waals surface area contributed by atoms with Crippen LogP contribution in [0.15, 0.2) is 0 Å². The molecule has 0 rings (SSSR count). The first-order chi connectivity index (χ1) is 4.59. The van der Waals surface area contributed by atoms with Crippen molar-refractivity contribution >= 4 is 5.97 Å². The number of esters is 1. The zero-order valence-corrected chi connectivity index (χ0v) is 6.07. The molecule has 5 nitrogen and oxygen atoms in total. The Balaban J connectivity index is 3.71. The molecule has 0 radical (unpaired) electrons. The zero-order valence-electron chi connectivity index (χ0n) is 6.07. The van der Waals surface area contributed by atoms with Gasteiger partial charge in [-0.25, -0.2) is 4.79 Å². The lowest BCUT2D eigenvalue weighted by Gasteiger charge is -2.15. The summed E-state index contributed by atoms with van der Waals surface area (Å²) in [4.78, 5) is 10.6. The van der Waals surface area contributed by atoms with Gasteiger partial charge < -0.3 is 15.7 Å². The zero-order chi connectivity index (χ0) is 8.15. The third-order valence-corrected chi connectivity index (χ3v) is 0.931. The lowest BCUT2D eigenvalue weighted by atomic mass is 10.5. The first kappa shape index (κ1) is 9.35. The predicted molar refractivity (Wildman–Crippen MR) is 34.2 cm³/mol. The number of ether oxygens (including phenoxy) is 1. The average molecular weight is 148 g/mol. The average Bonchev–Trinajstić information content (AvgIpc) is 1.87. The maximum absolute atomic E-state index is 10.6. The largest absolute Gasteiger partial charge is 0.464 e. The summed E-state index contributed by atoms with van der Waals surface area (Å²) < 4.78 is 4.50. The monoisotopic (exact) mass is 148 g/mol. The summed E-state index contributed by atoms with van der Waals surface area (Å²) in [6.45, 7) is 1.93. The van der Waals surface area contributed by atoms with Gasteiger partial charge in [-0.1, -0.05) is 0 Å². The van der Waals surface area contributed by atoms with Crippen LogP contribution < -0.4 is 5.73 Å². The van der Waals surface area contributed by atoms with E-state index in [-0.39, 0.29) is 6.61 Å². The van der Waals surface area contributed by atoms with Gasteiger partial charge in [0.05, 0.1) is 6.61 Å². The molecule has 10 heavy (non-hydrogen) atoms. The molecule has 0 saturated heterocycles. The van der Waals surface area contributed by atoms with Gasteiger partial charge in [0.2, 0.25) is 0 Å². The fourth-order valence-electron chi connectivity index (χ4n) is 0.380. The van der Waals surface area contributed by atoms with Gasteiger partial charge in [-0.3, -0.25) is 0 Å². The van der Waals surface area contributed by atoms with E-state index in [1.54, 1.807) is 6.92 Å². The highest BCUT2D eigenvalue weighted by molar-refractivity contribution is 5.74. The molecular weight excluding hydrogens is 136 g/mol. The molecule has 0 aliphatic rings. The van der Waals surface area contributed by atoms with Crippen molar-refractivity contribution in [3.63, 3.8) is 0 Å². The minimum atomic E-state index is -1.08. The Morgan fingerprint density at radius 3 is 2.70 bits per heavy atom. The molecule has 5 heteroatoms. The number of hydroxylamine groups is 2. The predicted octanol–water partition coefficient (Wildman–Crippen LogP) is -0.845. The van der Waals surface area contributed by atoms with Crippen LogP contribution >= 0.6 is 0 Å². The molecule has 0 saturated carbocycles. The molecule has 0 bridgehead atoms. The van der Waals surface area contributed by atoms with E-state index >= 15 is 0 Å². The molecule has 1 atom stereocenters. The van der Waals surface area contributed by atoms with Crippen LogP contribution in [-0.4, -0.2) is 36.1 Å². The lowest BCUT2D eigenvalue weighted by molar-refractivity contribution is -0.167. The number of carbonyl (C=O) groups excluding carboxylic acids is 1. The van der Waals surface area contributed by atoms with Crippen molar-refractivity contribution in [1.29, 1.82) is 0 Å². The summed E-state index contributed by atoms with van der Waals surface area (Å²) in [5, 5.41) is 9.22. The van der Waals surface area contributed by atoms with Crippen LogP contribution in [0.1, 0.15) is 6.92 Å². The maximum atomic E-state index is 10.6. The van der Waals surface area contributed by atoms with E-state index in [9.17, 15) is 4.79 Å². The molecule has 0 spiro atoms. The van der Waals surface area contributed by atoms with Gasteiger partial charge in [-0.05, 0) is 6.92 Å². The summed E-state index contributed by atoms with van der Waals surface area (Å²) in [7, 11) is 1.28. The first-order valence-corrected chi connectivity index (χ1v) is 2.93. The van der Waals surface area contributed by atoms with Crippen LogP contribution in [0.5, 0.6) is 0 Å². The normalized spacial score (nSPS) is 13.3. The van der Waals surface area contributed by atoms with Crippen LogP contribution in [0.25, 0.3) is 0 Å². The van der Waals surface area contributed by atoms with Crippen LogP contribution in [0.4, 0.5) is 0 Å². The fourth-order valence-corrected chi connectivity index (χ4v) is 0.380. The number of rotatable bonds is 3. The van der Waals surface area contributed by atoms with E-state index in [1.807, 2.05) is 0 Å². The highest BCUT2D eigenvalue weighted by Crippen LogP contribution is 1.87. The molecule has 0 aromatic heterocycles. The highest BCUT2D eigenvalue weighted by Gasteiger charge is 2.17. The molecule has 0 heterocycles. The number of hydrogen-bond donors (Lipinski definition) is 2. The van der Waals surface area contributed by atoms with Crippen LogP contribution in [0.3, 0.4) is 0 Å². The minimum Gasteiger partial charge on any atom is -0.464 e. The van der Waals surface area contributed by atoms with Gasteiger partial charge >= 0.3 is 5.97 Å². The molecule has 0 amide bonds. The van der Waals surface area contributed by atoms with Crippen LogP contribution in [0, 0.1) is 0 Å². The van der Waals surface area contributed by atoms with Gasteiger partial charge in [0.25, 0.3) is 0 Å². The number of likely N-dealkylation sites (N-methyl/N-ethyl adjacent to an activating group) is 1. The SMILES string of the molecule is CCOC(=O)C(N)N(C)O. The molecule has 0 aliphatic heterocycles. The fraction of sp³-hybridized carbons (Fsp3) is 0.800. The van der Waals surface area contributed by atoms with E-state index in [0.717, 1.165) is 0 Å². The summed E-state index contributed by atoms with van der Waals surface area (Å²) in [5.41, 5.74) is 5.15. The van der Waals surface area contributed by atoms with Crippen molar-refractivity contribution in [3.8, 4) is 0 Å².